The molecular formula is C38H61NO10Si. The molecule has 0 radical (unpaired) electrons. The van der Waals surface area contributed by atoms with E-state index in [2.05, 4.69) is 58.1 Å². The molecule has 12 heteroatoms. The van der Waals surface area contributed by atoms with Crippen LogP contribution in [0.3, 0.4) is 0 Å². The van der Waals surface area contributed by atoms with Crippen LogP contribution in [-0.4, -0.2) is 139 Å². The van der Waals surface area contributed by atoms with Gasteiger partial charge >= 0.3 is 6.09 Å². The number of fused-ring (bicyclic) bond motifs is 3. The molecule has 282 valence electrons. The molecule has 50 heavy (non-hydrogen) atoms. The number of carbonyl (C=O) groups excluding carboxylic acids is 1. The number of benzene rings is 2. The first kappa shape index (κ1) is 42.0. The molecule has 11 nitrogen and oxygen atoms in total. The van der Waals surface area contributed by atoms with Crippen molar-refractivity contribution in [2.75, 3.05) is 119 Å². The van der Waals surface area contributed by atoms with E-state index in [1.165, 1.54) is 27.2 Å². The fraction of sp³-hybridized carbons (Fsp3) is 0.658. The van der Waals surface area contributed by atoms with Crippen molar-refractivity contribution >= 4 is 14.4 Å². The predicted molar refractivity (Wildman–Crippen MR) is 197 cm³/mol. The number of hydrogen-bond acceptors (Lipinski definition) is 10. The number of hydrogen-bond donors (Lipinski definition) is 0. The van der Waals surface area contributed by atoms with Crippen LogP contribution in [0, 0.1) is 0 Å². The Morgan fingerprint density at radius 1 is 0.600 bits per heavy atom. The third kappa shape index (κ3) is 15.1. The zero-order valence-corrected chi connectivity index (χ0v) is 32.2. The lowest BCUT2D eigenvalue weighted by atomic mass is 9.98. The van der Waals surface area contributed by atoms with Gasteiger partial charge < -0.3 is 47.2 Å². The quantitative estimate of drug-likeness (QED) is 0.0807. The average molecular weight is 720 g/mol. The van der Waals surface area contributed by atoms with Crippen molar-refractivity contribution in [2.45, 2.75) is 44.8 Å². The molecule has 1 amide bonds. The molecule has 0 saturated carbocycles. The van der Waals surface area contributed by atoms with Crippen LogP contribution in [0.1, 0.15) is 37.8 Å². The summed E-state index contributed by atoms with van der Waals surface area (Å²) in [6, 6.07) is 16.6. The molecule has 3 rings (SSSR count). The van der Waals surface area contributed by atoms with Crippen LogP contribution in [0.5, 0.6) is 0 Å². The van der Waals surface area contributed by atoms with E-state index in [1.807, 2.05) is 24.3 Å². The number of rotatable bonds is 27. The molecule has 0 aromatic heterocycles. The summed E-state index contributed by atoms with van der Waals surface area (Å²) in [6.45, 7) is 19.5. The van der Waals surface area contributed by atoms with E-state index in [-0.39, 0.29) is 17.0 Å². The van der Waals surface area contributed by atoms with Gasteiger partial charge in [-0.25, -0.2) is 4.79 Å². The summed E-state index contributed by atoms with van der Waals surface area (Å²) >= 11 is 0. The zero-order valence-electron chi connectivity index (χ0n) is 31.2. The van der Waals surface area contributed by atoms with Crippen molar-refractivity contribution in [2.24, 2.45) is 0 Å². The van der Waals surface area contributed by atoms with Crippen LogP contribution in [-0.2, 0) is 42.3 Å². The molecule has 1 aliphatic rings. The number of amides is 1. The molecule has 0 heterocycles. The van der Waals surface area contributed by atoms with E-state index in [0.717, 1.165) is 0 Å². The molecule has 0 fully saturated rings. The largest absolute Gasteiger partial charge is 0.448 e. The Morgan fingerprint density at radius 3 is 1.36 bits per heavy atom. The van der Waals surface area contributed by atoms with Crippen LogP contribution >= 0.6 is 0 Å². The molecule has 0 spiro atoms. The maximum absolute atomic E-state index is 12.6. The van der Waals surface area contributed by atoms with Gasteiger partial charge in [0.2, 0.25) is 0 Å². The predicted octanol–water partition coefficient (Wildman–Crippen LogP) is 6.01. The minimum absolute atomic E-state index is 0.0432. The molecular weight excluding hydrogens is 659 g/mol. The lowest BCUT2D eigenvalue weighted by molar-refractivity contribution is -0.0216. The van der Waals surface area contributed by atoms with Crippen LogP contribution in [0.4, 0.5) is 4.79 Å². The summed E-state index contributed by atoms with van der Waals surface area (Å²) in [7, 11) is 0.0121. The fourth-order valence-electron chi connectivity index (χ4n) is 4.99. The highest BCUT2D eigenvalue weighted by atomic mass is 28.4. The average Bonchev–Trinajstić information content (AvgIpc) is 3.41. The third-order valence-corrected chi connectivity index (χ3v) is 13.5. The van der Waals surface area contributed by atoms with Gasteiger partial charge in [0.1, 0.15) is 6.61 Å². The minimum atomic E-state index is -1.71. The van der Waals surface area contributed by atoms with Gasteiger partial charge in [-0.05, 0) is 40.4 Å². The Kier molecular flexibility index (Phi) is 19.5. The lowest BCUT2D eigenvalue weighted by Crippen LogP contribution is -2.41. The third-order valence-electron chi connectivity index (χ3n) is 8.95. The van der Waals surface area contributed by atoms with E-state index in [4.69, 9.17) is 42.3 Å². The van der Waals surface area contributed by atoms with Crippen LogP contribution in [0.15, 0.2) is 48.5 Å². The second kappa shape index (κ2) is 23.2. The van der Waals surface area contributed by atoms with Crippen molar-refractivity contribution in [3.63, 3.8) is 0 Å². The minimum Gasteiger partial charge on any atom is -0.448 e. The van der Waals surface area contributed by atoms with Gasteiger partial charge in [0.15, 0.2) is 8.32 Å². The van der Waals surface area contributed by atoms with Gasteiger partial charge in [-0.15, -0.1) is 0 Å². The van der Waals surface area contributed by atoms with Crippen LogP contribution in [0.25, 0.3) is 11.1 Å². The first-order valence-corrected chi connectivity index (χ1v) is 20.8. The van der Waals surface area contributed by atoms with Crippen molar-refractivity contribution in [3.05, 3.63) is 59.7 Å². The van der Waals surface area contributed by atoms with Crippen molar-refractivity contribution in [3.8, 4) is 11.1 Å². The molecule has 0 bridgehead atoms. The van der Waals surface area contributed by atoms with Crippen LogP contribution in [0.2, 0.25) is 18.1 Å². The van der Waals surface area contributed by atoms with Crippen molar-refractivity contribution < 1.29 is 47.1 Å². The second-order valence-corrected chi connectivity index (χ2v) is 18.4. The first-order chi connectivity index (χ1) is 24.1. The zero-order chi connectivity index (χ0) is 36.1. The maximum atomic E-state index is 12.6. The standard InChI is InChI=1S/C38H61NO10Si/c1-38(2,3)50(5,6)49-30-29-47-28-27-46-26-25-45-24-23-44-22-21-43-20-19-42-18-17-41-16-15-39(4)37(40)48-31-36-34-13-9-7-11-32(34)33-12-8-10-14-35(33)36/h7-14,36H,15-31H2,1-6H3. The van der Waals surface area contributed by atoms with Gasteiger partial charge in [-0.2, -0.15) is 0 Å². The highest BCUT2D eigenvalue weighted by molar-refractivity contribution is 6.74. The summed E-state index contributed by atoms with van der Waals surface area (Å²) < 4.78 is 50.6. The number of ether oxygens (including phenoxy) is 8. The van der Waals surface area contributed by atoms with Gasteiger partial charge in [0.05, 0.1) is 99.1 Å². The highest BCUT2D eigenvalue weighted by Gasteiger charge is 2.36. The Morgan fingerprint density at radius 2 is 0.960 bits per heavy atom. The van der Waals surface area contributed by atoms with Gasteiger partial charge in [-0.3, -0.25) is 0 Å². The molecule has 0 aliphatic heterocycles. The molecule has 0 atom stereocenters. The summed E-state index contributed by atoms with van der Waals surface area (Å²) in [5.74, 6) is 0.0432. The maximum Gasteiger partial charge on any atom is 0.409 e. The van der Waals surface area contributed by atoms with Crippen molar-refractivity contribution in [1.82, 2.24) is 4.90 Å². The summed E-state index contributed by atoms with van der Waals surface area (Å²) in [5.41, 5.74) is 4.81. The van der Waals surface area contributed by atoms with E-state index in [0.29, 0.717) is 112 Å². The Balaban J connectivity index is 1.03. The van der Waals surface area contributed by atoms with E-state index < -0.39 is 8.32 Å². The van der Waals surface area contributed by atoms with E-state index >= 15 is 0 Å². The molecule has 0 unspecified atom stereocenters. The van der Waals surface area contributed by atoms with Crippen LogP contribution < -0.4 is 0 Å². The molecule has 1 aliphatic carbocycles. The molecule has 0 N–H and O–H groups in total. The number of likely N-dealkylation sites (N-methyl/N-ethyl adjacent to an activating group) is 1. The number of nitrogens with zero attached hydrogens (tertiary/aromatic N) is 1. The van der Waals surface area contributed by atoms with Gasteiger partial charge in [0.25, 0.3) is 0 Å². The SMILES string of the molecule is CN(CCOCCOCCOCCOCCOCCOCCOCCO[Si](C)(C)C(C)(C)C)C(=O)OCC1c2ccccc2-c2ccccc21. The summed E-state index contributed by atoms with van der Waals surface area (Å²) in [4.78, 5) is 14.1. The fourth-order valence-corrected chi connectivity index (χ4v) is 6.02. The highest BCUT2D eigenvalue weighted by Crippen LogP contribution is 2.44. The Bertz CT molecular complexity index is 1180. The van der Waals surface area contributed by atoms with Gasteiger partial charge in [-0.1, -0.05) is 69.3 Å². The molecule has 2 aromatic carbocycles. The Labute approximate surface area is 300 Å². The number of carbonyl (C=O) groups is 1. The van der Waals surface area contributed by atoms with Gasteiger partial charge in [0, 0.05) is 19.5 Å². The first-order valence-electron chi connectivity index (χ1n) is 17.9. The summed E-state index contributed by atoms with van der Waals surface area (Å²) in [6.07, 6.45) is -0.359. The van der Waals surface area contributed by atoms with E-state index in [1.54, 1.807) is 7.05 Å². The normalized spacial score (nSPS) is 13.0. The van der Waals surface area contributed by atoms with Crippen molar-refractivity contribution in [1.29, 1.82) is 0 Å². The monoisotopic (exact) mass is 719 g/mol. The molecule has 2 aromatic rings. The summed E-state index contributed by atoms with van der Waals surface area (Å²) in [5, 5.41) is 0.212. The smallest absolute Gasteiger partial charge is 0.409 e. The topological polar surface area (TPSA) is 103 Å². The lowest BCUT2D eigenvalue weighted by Gasteiger charge is -2.36. The second-order valence-electron chi connectivity index (χ2n) is 13.6. The van der Waals surface area contributed by atoms with E-state index in [9.17, 15) is 4.79 Å². The Hall–Kier alpha value is -2.39. The molecule has 0 saturated heterocycles.